The van der Waals surface area contributed by atoms with E-state index in [1.165, 1.54) is 0 Å². The average Bonchev–Trinajstić information content (AvgIpc) is 3.11. The van der Waals surface area contributed by atoms with Gasteiger partial charge < -0.3 is 20.3 Å². The molecule has 4 fully saturated rings. The van der Waals surface area contributed by atoms with Gasteiger partial charge in [0, 0.05) is 29.2 Å². The van der Waals surface area contributed by atoms with Gasteiger partial charge in [0.2, 0.25) is 0 Å². The molecule has 2 bridgehead atoms. The highest BCUT2D eigenvalue weighted by atomic mass is 16.6. The molecule has 0 spiro atoms. The summed E-state index contributed by atoms with van der Waals surface area (Å²) in [5.74, 6) is -0.114. The van der Waals surface area contributed by atoms with Gasteiger partial charge in [-0.05, 0) is 55.8 Å². The van der Waals surface area contributed by atoms with Gasteiger partial charge in [0.15, 0.2) is 0 Å². The molecule has 0 heterocycles. The Morgan fingerprint density at radius 3 is 2.44 bits per heavy atom. The molecule has 2 amide bonds. The molecular weight excluding hydrogens is 436 g/mol. The Bertz CT molecular complexity index is 871. The van der Waals surface area contributed by atoms with Gasteiger partial charge in [-0.25, -0.2) is 14.9 Å². The predicted octanol–water partition coefficient (Wildman–Crippen LogP) is 3.70. The third kappa shape index (κ3) is 3.77. The number of amides is 2. The molecule has 4 aliphatic rings. The third-order valence-corrected chi connectivity index (χ3v) is 10.2. The first-order valence-electron chi connectivity index (χ1n) is 12.7. The van der Waals surface area contributed by atoms with E-state index >= 15 is 0 Å². The van der Waals surface area contributed by atoms with Crippen LogP contribution in [0, 0.1) is 34.0 Å². The number of imide groups is 1. The number of carbonyl (C=O) groups excluding carboxylic acids is 3. The highest BCUT2D eigenvalue weighted by molar-refractivity contribution is 5.88. The molecule has 0 aromatic carbocycles. The molecule has 0 radical (unpaired) electrons. The van der Waals surface area contributed by atoms with Crippen LogP contribution in [0.5, 0.6) is 0 Å². The Labute approximate surface area is 202 Å². The first kappa shape index (κ1) is 25.2. The molecule has 8 atom stereocenters. The number of hydrogen-bond acceptors (Lipinski definition) is 7. The summed E-state index contributed by atoms with van der Waals surface area (Å²) < 4.78 is 11.2. The van der Waals surface area contributed by atoms with Crippen molar-refractivity contribution < 1.29 is 29.0 Å². The van der Waals surface area contributed by atoms with Crippen molar-refractivity contribution in [3.05, 3.63) is 12.7 Å². The fraction of sp³-hybridized carbons (Fsp3) is 0.808. The summed E-state index contributed by atoms with van der Waals surface area (Å²) in [6.07, 6.45) is 2.66. The van der Waals surface area contributed by atoms with Crippen LogP contribution in [-0.2, 0) is 14.3 Å². The second-order valence-corrected chi connectivity index (χ2v) is 11.9. The number of ketones is 1. The van der Waals surface area contributed by atoms with E-state index in [9.17, 15) is 19.5 Å². The fourth-order valence-corrected chi connectivity index (χ4v) is 7.63. The molecule has 0 saturated heterocycles. The van der Waals surface area contributed by atoms with Gasteiger partial charge in [0.05, 0.1) is 6.10 Å². The minimum Gasteiger partial charge on any atom is -0.446 e. The van der Waals surface area contributed by atoms with Crippen LogP contribution in [0.4, 0.5) is 9.59 Å². The van der Waals surface area contributed by atoms with Crippen molar-refractivity contribution in [3.63, 3.8) is 0 Å². The number of ether oxygens (including phenoxy) is 2. The summed E-state index contributed by atoms with van der Waals surface area (Å²) in [4.78, 5) is 38.5. The number of aliphatic hydroxyl groups is 1. The molecule has 8 heteroatoms. The van der Waals surface area contributed by atoms with E-state index in [4.69, 9.17) is 15.2 Å². The van der Waals surface area contributed by atoms with Crippen LogP contribution in [-0.4, -0.2) is 47.4 Å². The van der Waals surface area contributed by atoms with E-state index in [1.807, 2.05) is 6.92 Å². The smallest absolute Gasteiger partial charge is 0.416 e. The number of nitrogens with two attached hydrogens (primary N) is 1. The number of carbonyl (C=O) groups is 3. The lowest BCUT2D eigenvalue weighted by atomic mass is 9.44. The van der Waals surface area contributed by atoms with E-state index in [0.717, 1.165) is 19.3 Å². The molecular formula is C26H40N2O6. The molecule has 4 N–H and O–H groups in total. The van der Waals surface area contributed by atoms with Crippen LogP contribution in [0.2, 0.25) is 0 Å². The summed E-state index contributed by atoms with van der Waals surface area (Å²) >= 11 is 0. The van der Waals surface area contributed by atoms with Gasteiger partial charge in [0.1, 0.15) is 18.0 Å². The highest BCUT2D eigenvalue weighted by Crippen LogP contribution is 2.67. The van der Waals surface area contributed by atoms with Gasteiger partial charge in [-0.1, -0.05) is 33.8 Å². The Hall–Kier alpha value is -1.93. The Morgan fingerprint density at radius 1 is 1.18 bits per heavy atom. The molecule has 34 heavy (non-hydrogen) atoms. The van der Waals surface area contributed by atoms with Crippen LogP contribution in [0.15, 0.2) is 12.7 Å². The second kappa shape index (κ2) is 8.63. The van der Waals surface area contributed by atoms with Crippen LogP contribution < -0.4 is 11.1 Å². The van der Waals surface area contributed by atoms with Crippen molar-refractivity contribution in [1.29, 1.82) is 0 Å². The van der Waals surface area contributed by atoms with Crippen molar-refractivity contribution in [2.75, 3.05) is 0 Å². The highest BCUT2D eigenvalue weighted by Gasteiger charge is 2.68. The van der Waals surface area contributed by atoms with Crippen molar-refractivity contribution >= 4 is 18.0 Å². The first-order chi connectivity index (χ1) is 15.9. The van der Waals surface area contributed by atoms with Gasteiger partial charge >= 0.3 is 12.2 Å². The van der Waals surface area contributed by atoms with Crippen molar-refractivity contribution in [2.24, 2.45) is 39.7 Å². The number of hydrogen-bond donors (Lipinski definition) is 3. The zero-order chi connectivity index (χ0) is 25.1. The van der Waals surface area contributed by atoms with Crippen LogP contribution in [0.1, 0.15) is 72.6 Å². The standard InChI is InChI=1S/C26H40N2O6/c1-6-24(4)13-19(34-23(32)28-22(31)33-17-11-16(27)12-17)25(5)14(2)7-9-26(15(3)21(24)30)10-8-18(29)20(25)26/h6,14-17,19-21,30H,1,7-13,27H2,2-5H3,(H,28,31,32)/t14-,15+,16?,17?,19+,20+,21+,24-,25+,26+/m1/s1. The van der Waals surface area contributed by atoms with Gasteiger partial charge in [-0.15, -0.1) is 6.58 Å². The minimum atomic E-state index is -0.900. The Kier molecular flexibility index (Phi) is 6.39. The lowest BCUT2D eigenvalue weighted by Crippen LogP contribution is -2.63. The zero-order valence-corrected chi connectivity index (χ0v) is 20.8. The first-order valence-corrected chi connectivity index (χ1v) is 12.7. The van der Waals surface area contributed by atoms with Crippen molar-refractivity contribution in [3.8, 4) is 0 Å². The Balaban J connectivity index is 1.64. The van der Waals surface area contributed by atoms with Gasteiger partial charge in [-0.2, -0.15) is 0 Å². The molecule has 4 rings (SSSR count). The number of nitrogens with one attached hydrogen (secondary N) is 1. The molecule has 0 aromatic rings. The molecule has 4 saturated carbocycles. The lowest BCUT2D eigenvalue weighted by Gasteiger charge is -2.61. The zero-order valence-electron chi connectivity index (χ0n) is 20.8. The normalized spacial score (nSPS) is 47.9. The Morgan fingerprint density at radius 2 is 1.82 bits per heavy atom. The number of alkyl carbamates (subject to hydrolysis) is 2. The third-order valence-electron chi connectivity index (χ3n) is 10.2. The molecule has 190 valence electrons. The monoisotopic (exact) mass is 476 g/mol. The summed E-state index contributed by atoms with van der Waals surface area (Å²) in [7, 11) is 0. The summed E-state index contributed by atoms with van der Waals surface area (Å²) in [6.45, 7) is 12.2. The van der Waals surface area contributed by atoms with Gasteiger partial charge in [0.25, 0.3) is 0 Å². The maximum atomic E-state index is 13.4. The SMILES string of the molecule is C=C[C@]1(C)C[C@H](OC(=O)NC(=O)OC2CC(N)C2)[C@]2(C)[C@H](C)CC[C@]3(CCC(=O)[C@H]32)[C@@H](C)[C@@H]1O. The number of Topliss-reactive ketones (excluding diaryl/α,β-unsaturated/α-hetero) is 1. The largest absolute Gasteiger partial charge is 0.446 e. The fourth-order valence-electron chi connectivity index (χ4n) is 7.63. The molecule has 0 aromatic heterocycles. The number of aliphatic hydroxyl groups excluding tert-OH is 1. The van der Waals surface area contributed by atoms with E-state index in [0.29, 0.717) is 25.7 Å². The van der Waals surface area contributed by atoms with E-state index in [2.05, 4.69) is 32.7 Å². The van der Waals surface area contributed by atoms with Crippen molar-refractivity contribution in [2.45, 2.75) is 97.0 Å². The topological polar surface area (TPSA) is 128 Å². The van der Waals surface area contributed by atoms with Crippen LogP contribution in [0.3, 0.4) is 0 Å². The summed E-state index contributed by atoms with van der Waals surface area (Å²) in [5.41, 5.74) is 4.02. The summed E-state index contributed by atoms with van der Waals surface area (Å²) in [6, 6.07) is 0.0158. The maximum Gasteiger partial charge on any atom is 0.416 e. The van der Waals surface area contributed by atoms with Crippen LogP contribution >= 0.6 is 0 Å². The van der Waals surface area contributed by atoms with E-state index < -0.39 is 35.2 Å². The van der Waals surface area contributed by atoms with Crippen molar-refractivity contribution in [1.82, 2.24) is 5.32 Å². The summed E-state index contributed by atoms with van der Waals surface area (Å²) in [5, 5.41) is 13.7. The molecule has 4 aliphatic carbocycles. The quantitative estimate of drug-likeness (QED) is 0.530. The number of rotatable bonds is 3. The van der Waals surface area contributed by atoms with E-state index in [1.54, 1.807) is 6.08 Å². The second-order valence-electron chi connectivity index (χ2n) is 11.9. The maximum absolute atomic E-state index is 13.4. The average molecular weight is 477 g/mol. The lowest BCUT2D eigenvalue weighted by molar-refractivity contribution is -0.191. The predicted molar refractivity (Wildman–Crippen MR) is 126 cm³/mol. The molecule has 8 nitrogen and oxygen atoms in total. The molecule has 0 aliphatic heterocycles. The van der Waals surface area contributed by atoms with Gasteiger partial charge in [-0.3, -0.25) is 4.79 Å². The minimum absolute atomic E-state index is 0.0158. The van der Waals surface area contributed by atoms with Crippen LogP contribution in [0.25, 0.3) is 0 Å². The van der Waals surface area contributed by atoms with E-state index in [-0.39, 0.29) is 41.1 Å². The molecule has 0 unspecified atom stereocenters.